The number of nitrogens with zero attached hydrogens (tertiary/aromatic N) is 4. The molecule has 4 rings (SSSR count). The fraction of sp³-hybridized carbons (Fsp3) is 0.263. The molecule has 0 spiro atoms. The predicted octanol–water partition coefficient (Wildman–Crippen LogP) is 2.38. The maximum atomic E-state index is 14.1. The van der Waals surface area contributed by atoms with E-state index in [1.807, 2.05) is 7.05 Å². The van der Waals surface area contributed by atoms with Gasteiger partial charge in [0, 0.05) is 36.1 Å². The Morgan fingerprint density at radius 3 is 2.89 bits per heavy atom. The van der Waals surface area contributed by atoms with Gasteiger partial charge in [0.25, 0.3) is 5.91 Å². The van der Waals surface area contributed by atoms with E-state index in [0.29, 0.717) is 10.8 Å². The monoisotopic (exact) mass is 399 g/mol. The molecular formula is C19H18FN5O2S. The average Bonchev–Trinajstić information content (AvgIpc) is 3.03. The number of halogens is 1. The molecule has 9 heteroatoms. The summed E-state index contributed by atoms with van der Waals surface area (Å²) in [5.74, 6) is -1.15. The Balaban J connectivity index is 1.66. The first-order chi connectivity index (χ1) is 13.4. The van der Waals surface area contributed by atoms with Crippen molar-refractivity contribution < 1.29 is 9.18 Å². The molecule has 7 nitrogen and oxygen atoms in total. The second-order valence-corrected chi connectivity index (χ2v) is 7.78. The fourth-order valence-corrected chi connectivity index (χ4v) is 4.19. The number of carbonyl (C=O) groups excluding carboxylic acids is 1. The van der Waals surface area contributed by atoms with Gasteiger partial charge < -0.3 is 4.90 Å². The molecule has 2 aromatic heterocycles. The molecule has 0 radical (unpaired) electrons. The number of hydrogen-bond acceptors (Lipinski definition) is 6. The Labute approximate surface area is 164 Å². The number of likely N-dealkylation sites (N-methyl/N-ethyl adjacent to an activating group) is 1. The summed E-state index contributed by atoms with van der Waals surface area (Å²) in [6, 6.07) is 7.33. The third-order valence-electron chi connectivity index (χ3n) is 4.55. The van der Waals surface area contributed by atoms with Gasteiger partial charge in [0.05, 0.1) is 5.69 Å². The Bertz CT molecular complexity index is 1120. The van der Waals surface area contributed by atoms with E-state index in [4.69, 9.17) is 0 Å². The zero-order valence-electron chi connectivity index (χ0n) is 15.4. The molecule has 1 aliphatic heterocycles. The van der Waals surface area contributed by atoms with Gasteiger partial charge in [-0.3, -0.25) is 14.9 Å². The number of nitrogens with one attached hydrogen (secondary N) is 1. The van der Waals surface area contributed by atoms with Gasteiger partial charge in [-0.2, -0.15) is 5.10 Å². The lowest BCUT2D eigenvalue weighted by Gasteiger charge is -2.20. The molecule has 1 amide bonds. The number of para-hydroxylation sites is 1. The summed E-state index contributed by atoms with van der Waals surface area (Å²) in [5, 5.41) is 7.21. The Hall–Kier alpha value is -2.91. The molecule has 0 bridgehead atoms. The summed E-state index contributed by atoms with van der Waals surface area (Å²) in [5.41, 5.74) is 0.739. The van der Waals surface area contributed by atoms with Crippen LogP contribution in [0.25, 0.3) is 5.69 Å². The lowest BCUT2D eigenvalue weighted by atomic mass is 10.2. The van der Waals surface area contributed by atoms with Crippen molar-refractivity contribution in [1.82, 2.24) is 19.7 Å². The third-order valence-corrected chi connectivity index (χ3v) is 5.54. The summed E-state index contributed by atoms with van der Waals surface area (Å²) in [4.78, 5) is 32.7. The number of anilines is 1. The van der Waals surface area contributed by atoms with Gasteiger partial charge in [-0.05, 0) is 26.1 Å². The van der Waals surface area contributed by atoms with Crippen LogP contribution in [0.15, 0.2) is 35.1 Å². The topological polar surface area (TPSA) is 80.1 Å². The van der Waals surface area contributed by atoms with Crippen molar-refractivity contribution >= 4 is 22.4 Å². The first-order valence-corrected chi connectivity index (χ1v) is 9.58. The summed E-state index contributed by atoms with van der Waals surface area (Å²) in [7, 11) is 2.03. The minimum absolute atomic E-state index is 0.168. The zero-order valence-corrected chi connectivity index (χ0v) is 16.2. The molecule has 1 N–H and O–H groups in total. The first-order valence-electron chi connectivity index (χ1n) is 8.76. The minimum atomic E-state index is -0.658. The highest BCUT2D eigenvalue weighted by Gasteiger charge is 2.21. The average molecular weight is 399 g/mol. The molecule has 28 heavy (non-hydrogen) atoms. The highest BCUT2D eigenvalue weighted by atomic mass is 32.1. The molecule has 0 saturated heterocycles. The standard InChI is InChI=1S/C19H18FN5O2S/c1-11-9-15(26)17(23-25(11)14-6-4-3-5-12(14)20)18(27)22-19-21-13-7-8-24(2)10-16(13)28-19/h3-6,9H,7-8,10H2,1-2H3,(H,21,22,27). The molecule has 144 valence electrons. The van der Waals surface area contributed by atoms with Crippen LogP contribution in [0.5, 0.6) is 0 Å². The zero-order chi connectivity index (χ0) is 19.8. The number of rotatable bonds is 3. The fourth-order valence-electron chi connectivity index (χ4n) is 3.11. The van der Waals surface area contributed by atoms with E-state index >= 15 is 0 Å². The summed E-state index contributed by atoms with van der Waals surface area (Å²) < 4.78 is 15.4. The van der Waals surface area contributed by atoms with Gasteiger partial charge in [0.15, 0.2) is 10.8 Å². The van der Waals surface area contributed by atoms with E-state index in [0.717, 1.165) is 30.1 Å². The van der Waals surface area contributed by atoms with Crippen LogP contribution in [-0.2, 0) is 13.0 Å². The molecule has 3 heterocycles. The molecule has 0 atom stereocenters. The maximum absolute atomic E-state index is 14.1. The number of carbonyl (C=O) groups is 1. The van der Waals surface area contributed by atoms with E-state index in [1.54, 1.807) is 19.1 Å². The summed E-state index contributed by atoms with van der Waals surface area (Å²) in [6.07, 6.45) is 0.821. The van der Waals surface area contributed by atoms with Crippen molar-refractivity contribution in [2.45, 2.75) is 19.9 Å². The lowest BCUT2D eigenvalue weighted by molar-refractivity contribution is 0.101. The Morgan fingerprint density at radius 1 is 1.32 bits per heavy atom. The number of fused-ring (bicyclic) bond motifs is 1. The van der Waals surface area contributed by atoms with Crippen LogP contribution < -0.4 is 10.7 Å². The van der Waals surface area contributed by atoms with Gasteiger partial charge in [-0.15, -0.1) is 11.3 Å². The van der Waals surface area contributed by atoms with Crippen LogP contribution in [-0.4, -0.2) is 39.2 Å². The van der Waals surface area contributed by atoms with Crippen LogP contribution in [0.3, 0.4) is 0 Å². The number of thiazole rings is 1. The molecule has 0 unspecified atom stereocenters. The summed E-state index contributed by atoms with van der Waals surface area (Å²) in [6.45, 7) is 3.33. The predicted molar refractivity (Wildman–Crippen MR) is 105 cm³/mol. The van der Waals surface area contributed by atoms with Crippen LogP contribution in [0.4, 0.5) is 9.52 Å². The van der Waals surface area contributed by atoms with E-state index in [9.17, 15) is 14.0 Å². The molecule has 1 aromatic carbocycles. The second-order valence-electron chi connectivity index (χ2n) is 6.69. The molecule has 0 fully saturated rings. The number of aryl methyl sites for hydroxylation is 1. The highest BCUT2D eigenvalue weighted by Crippen LogP contribution is 2.27. The molecular weight excluding hydrogens is 381 g/mol. The lowest BCUT2D eigenvalue weighted by Crippen LogP contribution is -2.27. The van der Waals surface area contributed by atoms with Crippen molar-refractivity contribution in [3.05, 3.63) is 68.3 Å². The van der Waals surface area contributed by atoms with Crippen molar-refractivity contribution in [2.24, 2.45) is 0 Å². The summed E-state index contributed by atoms with van der Waals surface area (Å²) >= 11 is 1.39. The molecule has 1 aliphatic rings. The molecule has 3 aromatic rings. The first kappa shape index (κ1) is 18.5. The maximum Gasteiger partial charge on any atom is 0.281 e. The minimum Gasteiger partial charge on any atom is -0.301 e. The Morgan fingerprint density at radius 2 is 2.11 bits per heavy atom. The second kappa shape index (κ2) is 7.25. The smallest absolute Gasteiger partial charge is 0.281 e. The van der Waals surface area contributed by atoms with Gasteiger partial charge >= 0.3 is 0 Å². The van der Waals surface area contributed by atoms with Crippen LogP contribution in [0.2, 0.25) is 0 Å². The number of amides is 1. The van der Waals surface area contributed by atoms with Crippen LogP contribution in [0, 0.1) is 12.7 Å². The highest BCUT2D eigenvalue weighted by molar-refractivity contribution is 7.15. The van der Waals surface area contributed by atoms with E-state index < -0.39 is 17.2 Å². The number of hydrogen-bond donors (Lipinski definition) is 1. The number of benzene rings is 1. The van der Waals surface area contributed by atoms with Crippen LogP contribution in [0.1, 0.15) is 26.8 Å². The molecule has 0 aliphatic carbocycles. The van der Waals surface area contributed by atoms with E-state index in [1.165, 1.54) is 34.2 Å². The van der Waals surface area contributed by atoms with Crippen molar-refractivity contribution in [3.8, 4) is 5.69 Å². The van der Waals surface area contributed by atoms with Gasteiger partial charge in [0.2, 0.25) is 5.43 Å². The van der Waals surface area contributed by atoms with Crippen LogP contribution >= 0.6 is 11.3 Å². The Kier molecular flexibility index (Phi) is 4.78. The third kappa shape index (κ3) is 3.46. The largest absolute Gasteiger partial charge is 0.301 e. The van der Waals surface area contributed by atoms with Crippen molar-refractivity contribution in [1.29, 1.82) is 0 Å². The van der Waals surface area contributed by atoms with Gasteiger partial charge in [-0.25, -0.2) is 14.1 Å². The number of aromatic nitrogens is 3. The van der Waals surface area contributed by atoms with Crippen molar-refractivity contribution in [3.63, 3.8) is 0 Å². The SMILES string of the molecule is Cc1cc(=O)c(C(=O)Nc2nc3c(s2)CN(C)CC3)nn1-c1ccccc1F. The van der Waals surface area contributed by atoms with E-state index in [2.05, 4.69) is 20.3 Å². The van der Waals surface area contributed by atoms with Gasteiger partial charge in [0.1, 0.15) is 11.5 Å². The van der Waals surface area contributed by atoms with Crippen molar-refractivity contribution in [2.75, 3.05) is 18.9 Å². The van der Waals surface area contributed by atoms with Gasteiger partial charge in [-0.1, -0.05) is 12.1 Å². The normalized spacial score (nSPS) is 14.0. The quantitative estimate of drug-likeness (QED) is 0.732. The van der Waals surface area contributed by atoms with E-state index in [-0.39, 0.29) is 11.4 Å². The molecule has 0 saturated carbocycles.